The van der Waals surface area contributed by atoms with E-state index < -0.39 is 0 Å². The first-order valence-corrected chi connectivity index (χ1v) is 8.61. The Bertz CT molecular complexity index is 596. The van der Waals surface area contributed by atoms with Gasteiger partial charge in [0, 0.05) is 28.3 Å². The van der Waals surface area contributed by atoms with E-state index in [-0.39, 0.29) is 0 Å². The highest BCUT2D eigenvalue weighted by Gasteiger charge is 2.03. The molecule has 0 saturated heterocycles. The summed E-state index contributed by atoms with van der Waals surface area (Å²) in [6.45, 7) is 7.31. The Balaban J connectivity index is 1.98. The lowest BCUT2D eigenvalue weighted by Crippen LogP contribution is -2.21. The first kappa shape index (κ1) is 16.4. The van der Waals surface area contributed by atoms with Crippen LogP contribution in [-0.4, -0.2) is 6.04 Å². The van der Waals surface area contributed by atoms with E-state index in [0.717, 1.165) is 17.3 Å². The summed E-state index contributed by atoms with van der Waals surface area (Å²) in [6, 6.07) is 15.5. The molecule has 0 atom stereocenters. The first-order valence-electron chi connectivity index (χ1n) is 7.25. The van der Waals surface area contributed by atoms with Gasteiger partial charge in [0.2, 0.25) is 0 Å². The number of hydrogen-bond acceptors (Lipinski definition) is 2. The van der Waals surface area contributed by atoms with Crippen LogP contribution >= 0.6 is 23.4 Å². The van der Waals surface area contributed by atoms with Gasteiger partial charge >= 0.3 is 0 Å². The maximum absolute atomic E-state index is 6.29. The Kier molecular flexibility index (Phi) is 6.16. The zero-order valence-corrected chi connectivity index (χ0v) is 14.4. The summed E-state index contributed by atoms with van der Waals surface area (Å²) < 4.78 is 0. The van der Waals surface area contributed by atoms with Crippen molar-refractivity contribution in [2.24, 2.45) is 0 Å². The van der Waals surface area contributed by atoms with Gasteiger partial charge in [-0.2, -0.15) is 0 Å². The number of rotatable bonds is 6. The number of aryl methyl sites for hydroxylation is 1. The van der Waals surface area contributed by atoms with Crippen LogP contribution in [0.2, 0.25) is 5.02 Å². The van der Waals surface area contributed by atoms with E-state index in [1.807, 2.05) is 17.8 Å². The summed E-state index contributed by atoms with van der Waals surface area (Å²) in [7, 11) is 0. The molecular formula is C18H22ClNS. The first-order chi connectivity index (χ1) is 10.0. The van der Waals surface area contributed by atoms with Crippen molar-refractivity contribution in [2.75, 3.05) is 0 Å². The van der Waals surface area contributed by atoms with Crippen LogP contribution in [-0.2, 0) is 12.3 Å². The molecule has 0 unspecified atom stereocenters. The topological polar surface area (TPSA) is 12.0 Å². The zero-order valence-electron chi connectivity index (χ0n) is 12.8. The molecule has 0 aromatic heterocycles. The quantitative estimate of drug-likeness (QED) is 0.712. The van der Waals surface area contributed by atoms with Crippen LogP contribution in [0.15, 0.2) is 47.4 Å². The maximum atomic E-state index is 6.29. The predicted octanol–water partition coefficient (Wildman–Crippen LogP) is 5.44. The van der Waals surface area contributed by atoms with Crippen molar-refractivity contribution in [1.29, 1.82) is 0 Å². The fraction of sp³-hybridized carbons (Fsp3) is 0.333. The molecule has 0 amide bonds. The lowest BCUT2D eigenvalue weighted by molar-refractivity contribution is 0.588. The molecule has 2 rings (SSSR count). The third kappa shape index (κ3) is 5.39. The van der Waals surface area contributed by atoms with Gasteiger partial charge in [-0.3, -0.25) is 0 Å². The predicted molar refractivity (Wildman–Crippen MR) is 94.2 cm³/mol. The highest BCUT2D eigenvalue weighted by molar-refractivity contribution is 7.98. The number of thioether (sulfide) groups is 1. The molecule has 1 N–H and O–H groups in total. The van der Waals surface area contributed by atoms with E-state index in [1.54, 1.807) is 0 Å². The van der Waals surface area contributed by atoms with Crippen molar-refractivity contribution in [3.8, 4) is 0 Å². The van der Waals surface area contributed by atoms with Gasteiger partial charge in [-0.1, -0.05) is 49.7 Å². The normalized spacial score (nSPS) is 11.1. The molecule has 0 bridgehead atoms. The summed E-state index contributed by atoms with van der Waals surface area (Å²) >= 11 is 8.12. The SMILES string of the molecule is Cc1ccc(CSc2cccc(CNC(C)C)c2)c(Cl)c1. The van der Waals surface area contributed by atoms with E-state index in [2.05, 4.69) is 62.5 Å². The molecule has 21 heavy (non-hydrogen) atoms. The average Bonchev–Trinajstić information content (AvgIpc) is 2.45. The van der Waals surface area contributed by atoms with E-state index in [4.69, 9.17) is 11.6 Å². The number of halogens is 1. The minimum absolute atomic E-state index is 0.507. The molecule has 0 saturated carbocycles. The van der Waals surface area contributed by atoms with Crippen molar-refractivity contribution in [1.82, 2.24) is 5.32 Å². The largest absolute Gasteiger partial charge is 0.310 e. The van der Waals surface area contributed by atoms with Gasteiger partial charge < -0.3 is 5.32 Å². The zero-order chi connectivity index (χ0) is 15.2. The average molecular weight is 320 g/mol. The van der Waals surface area contributed by atoms with Crippen molar-refractivity contribution < 1.29 is 0 Å². The molecule has 0 aliphatic carbocycles. The molecular weight excluding hydrogens is 298 g/mol. The number of benzene rings is 2. The number of nitrogens with one attached hydrogen (secondary N) is 1. The minimum Gasteiger partial charge on any atom is -0.310 e. The van der Waals surface area contributed by atoms with Gasteiger partial charge in [0.05, 0.1) is 0 Å². The van der Waals surface area contributed by atoms with Gasteiger partial charge in [-0.25, -0.2) is 0 Å². The minimum atomic E-state index is 0.507. The second-order valence-electron chi connectivity index (χ2n) is 5.57. The molecule has 0 spiro atoms. The fourth-order valence-corrected chi connectivity index (χ4v) is 3.36. The maximum Gasteiger partial charge on any atom is 0.0449 e. The third-order valence-corrected chi connectivity index (χ3v) is 4.61. The summed E-state index contributed by atoms with van der Waals surface area (Å²) in [6.07, 6.45) is 0. The van der Waals surface area contributed by atoms with E-state index in [0.29, 0.717) is 6.04 Å². The van der Waals surface area contributed by atoms with Gasteiger partial charge in [-0.05, 0) is 41.8 Å². The molecule has 0 radical (unpaired) electrons. The third-order valence-electron chi connectivity index (χ3n) is 3.22. The molecule has 0 heterocycles. The molecule has 2 aromatic carbocycles. The smallest absolute Gasteiger partial charge is 0.0449 e. The van der Waals surface area contributed by atoms with Crippen LogP contribution in [0.25, 0.3) is 0 Å². The molecule has 0 aliphatic heterocycles. The molecule has 2 aromatic rings. The van der Waals surface area contributed by atoms with Gasteiger partial charge in [-0.15, -0.1) is 11.8 Å². The van der Waals surface area contributed by atoms with Crippen LogP contribution in [0.4, 0.5) is 0 Å². The second-order valence-corrected chi connectivity index (χ2v) is 7.02. The Morgan fingerprint density at radius 2 is 1.95 bits per heavy atom. The number of hydrogen-bond donors (Lipinski definition) is 1. The Morgan fingerprint density at radius 1 is 1.14 bits per heavy atom. The van der Waals surface area contributed by atoms with E-state index in [9.17, 15) is 0 Å². The monoisotopic (exact) mass is 319 g/mol. The van der Waals surface area contributed by atoms with Crippen LogP contribution in [0.1, 0.15) is 30.5 Å². The molecule has 112 valence electrons. The van der Waals surface area contributed by atoms with Crippen molar-refractivity contribution in [3.63, 3.8) is 0 Å². The van der Waals surface area contributed by atoms with Gasteiger partial charge in [0.25, 0.3) is 0 Å². The Morgan fingerprint density at radius 3 is 2.67 bits per heavy atom. The Labute approximate surface area is 137 Å². The van der Waals surface area contributed by atoms with Crippen LogP contribution in [0.3, 0.4) is 0 Å². The van der Waals surface area contributed by atoms with Gasteiger partial charge in [0.15, 0.2) is 0 Å². The second kappa shape index (κ2) is 7.88. The summed E-state index contributed by atoms with van der Waals surface area (Å²) in [5.41, 5.74) is 3.72. The summed E-state index contributed by atoms with van der Waals surface area (Å²) in [5, 5.41) is 4.31. The highest BCUT2D eigenvalue weighted by atomic mass is 35.5. The standard InChI is InChI=1S/C18H22ClNS/c1-13(2)20-11-15-5-4-6-17(10-15)21-12-16-8-7-14(3)9-18(16)19/h4-10,13,20H,11-12H2,1-3H3. The molecule has 1 nitrogen and oxygen atoms in total. The van der Waals surface area contributed by atoms with E-state index in [1.165, 1.54) is 21.6 Å². The fourth-order valence-electron chi connectivity index (χ4n) is 2.00. The van der Waals surface area contributed by atoms with Crippen molar-refractivity contribution in [2.45, 2.75) is 44.0 Å². The van der Waals surface area contributed by atoms with Gasteiger partial charge in [0.1, 0.15) is 0 Å². The van der Waals surface area contributed by atoms with Crippen LogP contribution < -0.4 is 5.32 Å². The summed E-state index contributed by atoms with van der Waals surface area (Å²) in [5.74, 6) is 0.903. The lowest BCUT2D eigenvalue weighted by atomic mass is 10.2. The molecule has 0 fully saturated rings. The van der Waals surface area contributed by atoms with E-state index >= 15 is 0 Å². The molecule has 3 heteroatoms. The Hall–Kier alpha value is -0.960. The van der Waals surface area contributed by atoms with Crippen molar-refractivity contribution in [3.05, 3.63) is 64.2 Å². The van der Waals surface area contributed by atoms with Crippen molar-refractivity contribution >= 4 is 23.4 Å². The van der Waals surface area contributed by atoms with Crippen LogP contribution in [0, 0.1) is 6.92 Å². The highest BCUT2D eigenvalue weighted by Crippen LogP contribution is 2.27. The lowest BCUT2D eigenvalue weighted by Gasteiger charge is -2.10. The summed E-state index contributed by atoms with van der Waals surface area (Å²) in [4.78, 5) is 1.29. The van der Waals surface area contributed by atoms with Crippen LogP contribution in [0.5, 0.6) is 0 Å². The molecule has 0 aliphatic rings.